The summed E-state index contributed by atoms with van der Waals surface area (Å²) in [4.78, 5) is 64.0. The minimum atomic E-state index is -4.71. The first-order chi connectivity index (χ1) is 36.6. The fourth-order valence-corrected chi connectivity index (χ4v) is 13.2. The molecule has 6 heterocycles. The van der Waals surface area contributed by atoms with Crippen LogP contribution in [0.5, 0.6) is 0 Å². The van der Waals surface area contributed by atoms with Crippen molar-refractivity contribution < 1.29 is 55.2 Å². The number of H-pyrrole nitrogens is 1. The van der Waals surface area contributed by atoms with Crippen molar-refractivity contribution >= 4 is 103 Å². The average molecular weight is 1250 g/mol. The molecule has 2 fully saturated rings. The molecule has 2 aliphatic heterocycles. The molecule has 0 spiro atoms. The van der Waals surface area contributed by atoms with Crippen molar-refractivity contribution in [3.05, 3.63) is 65.2 Å². The van der Waals surface area contributed by atoms with E-state index in [4.69, 9.17) is 52.8 Å². The fraction of sp³-hybridized carbons (Fsp3) is 0.543. The summed E-state index contributed by atoms with van der Waals surface area (Å²) >= 11 is 8.07. The molecule has 0 aliphatic carbocycles. The van der Waals surface area contributed by atoms with Crippen LogP contribution >= 0.6 is 37.1 Å². The topological polar surface area (TPSA) is 337 Å². The van der Waals surface area contributed by atoms with E-state index in [-0.39, 0.29) is 68.4 Å². The zero-order valence-electron chi connectivity index (χ0n) is 43.1. The zero-order valence-corrected chi connectivity index (χ0v) is 48.8. The Kier molecular flexibility index (Phi) is 20.0. The lowest BCUT2D eigenvalue weighted by molar-refractivity contribution is -0.118. The summed E-state index contributed by atoms with van der Waals surface area (Å²) in [6.45, 7) is 8.06. The van der Waals surface area contributed by atoms with Gasteiger partial charge in [0.15, 0.2) is 42.7 Å². The van der Waals surface area contributed by atoms with Gasteiger partial charge in [-0.1, -0.05) is 75.4 Å². The molecule has 26 nitrogen and oxygen atoms in total. The van der Waals surface area contributed by atoms with Crippen molar-refractivity contribution in [2.45, 2.75) is 121 Å². The van der Waals surface area contributed by atoms with E-state index >= 15 is 4.57 Å². The number of hydrogen-bond donors (Lipinski definition) is 3. The van der Waals surface area contributed by atoms with Gasteiger partial charge in [-0.25, -0.2) is 24.5 Å². The first-order valence-corrected chi connectivity index (χ1v) is 32.7. The van der Waals surface area contributed by atoms with Gasteiger partial charge < -0.3 is 28.3 Å². The lowest BCUT2D eigenvalue weighted by Gasteiger charge is -2.41. The highest BCUT2D eigenvalue weighted by Gasteiger charge is 2.55. The van der Waals surface area contributed by atoms with Crippen LogP contribution in [0.25, 0.3) is 22.3 Å². The molecule has 3 N–H and O–H groups in total. The molecule has 77 heavy (non-hydrogen) atoms. The number of phosphoric ester groups is 1. The number of carbonyl (C=O) groups is 2. The molecule has 5 aromatic rings. The number of nitriles is 3. The molecule has 4 aromatic heterocycles. The Hall–Kier alpha value is -5.00. The second-order valence-electron chi connectivity index (χ2n) is 19.3. The smallest absolute Gasteiger partial charge is 0.408 e. The van der Waals surface area contributed by atoms with Crippen LogP contribution in [0.2, 0.25) is 18.1 Å². The van der Waals surface area contributed by atoms with E-state index in [1.807, 2.05) is 52.1 Å². The number of fused-ring (bicyclic) bond motifs is 2. The minimum absolute atomic E-state index is 0.0529. The van der Waals surface area contributed by atoms with Crippen molar-refractivity contribution in [1.82, 2.24) is 39.0 Å². The molecular weight excluding hydrogens is 1190 g/mol. The number of hydrogen-bond acceptors (Lipinski definition) is 22. The number of amides is 2. The summed E-state index contributed by atoms with van der Waals surface area (Å²) in [5.74, 6) is -1.31. The highest BCUT2D eigenvalue weighted by Crippen LogP contribution is 2.57. The second kappa shape index (κ2) is 25.9. The van der Waals surface area contributed by atoms with E-state index in [2.05, 4.69) is 63.1 Å². The first kappa shape index (κ1) is 59.7. The van der Waals surface area contributed by atoms with Gasteiger partial charge in [-0.05, 0) is 42.1 Å². The van der Waals surface area contributed by atoms with Gasteiger partial charge in [0.05, 0.1) is 82.7 Å². The summed E-state index contributed by atoms with van der Waals surface area (Å²) < 4.78 is 76.1. The predicted molar refractivity (Wildman–Crippen MR) is 291 cm³/mol. The van der Waals surface area contributed by atoms with Crippen molar-refractivity contribution in [2.75, 3.05) is 41.5 Å². The Morgan fingerprint density at radius 2 is 1.53 bits per heavy atom. The van der Waals surface area contributed by atoms with Gasteiger partial charge in [-0.3, -0.25) is 51.9 Å². The SMILES string of the molecule is CC(C)C(=O)Nc1nc2c(ncn2[C@@H]2O[C@H](COP(=O)(OCCC#N)O[C@H]3C[C@H](n4cnc5c(NC(=O)c6ccccc6)ncnc54)O[C@@H]3CI)[C@@H](O[Si](C)(C)C(C)(C)C)[C@H]2OP(=S)(OCCC#N)OCCC#N)c(=O)[nH]1. The van der Waals surface area contributed by atoms with E-state index in [1.54, 1.807) is 48.7 Å². The Balaban J connectivity index is 1.24. The van der Waals surface area contributed by atoms with Crippen molar-refractivity contribution in [3.8, 4) is 18.2 Å². The van der Waals surface area contributed by atoms with Crippen molar-refractivity contribution in [2.24, 2.45) is 5.92 Å². The van der Waals surface area contributed by atoms with Crippen LogP contribution in [0.4, 0.5) is 11.8 Å². The third-order valence-electron chi connectivity index (χ3n) is 12.6. The summed E-state index contributed by atoms with van der Waals surface area (Å²) in [6, 6.07) is 14.6. The number of imidazole rings is 2. The zero-order chi connectivity index (χ0) is 55.7. The van der Waals surface area contributed by atoms with Gasteiger partial charge in [-0.15, -0.1) is 0 Å². The summed E-state index contributed by atoms with van der Waals surface area (Å²) in [5, 5.41) is 33.3. The number of benzene rings is 1. The van der Waals surface area contributed by atoms with Crippen LogP contribution in [0.3, 0.4) is 0 Å². The molecule has 2 amide bonds. The first-order valence-electron chi connectivity index (χ1n) is 24.3. The molecule has 0 saturated carbocycles. The number of nitrogens with zero attached hydrogens (tertiary/aromatic N) is 10. The number of rotatable bonds is 25. The molecule has 0 radical (unpaired) electrons. The number of alkyl halides is 1. The van der Waals surface area contributed by atoms with Gasteiger partial charge >= 0.3 is 14.5 Å². The average Bonchev–Trinajstić information content (AvgIpc) is 4.19. The number of anilines is 2. The summed E-state index contributed by atoms with van der Waals surface area (Å²) in [5.41, 5.74) is 0.162. The standard InChI is InChI=1S/C46H58IN13O13P2SSi/c1-28(2)41(61)57-45-56-40-35(43(63)58-45)54-27-60(40)44-37(72-75(76,66-20-12-17-49)67-21-13-18-50)36(73-77(6,7)46(3,4)5)32(70-44)24-68-74(64,65-19-11-16-48)71-30-22-33(69-31(30)23-47)59-26-53-34-38(51-25-52-39(34)59)55-42(62)29-14-9-8-10-15-29/h8-10,14-15,25-28,30-33,36-37,44H,11-13,19-24H2,1-7H3,(H,51,52,55,62)(H2,56,57,58,61,63)/t30-,31+,32+,33+,36+,37+,44+,74?/m0/s1. The highest BCUT2D eigenvalue weighted by atomic mass is 127. The molecule has 7 rings (SSSR count). The Morgan fingerprint density at radius 1 is 0.883 bits per heavy atom. The largest absolute Gasteiger partial charge is 0.475 e. The second-order valence-corrected chi connectivity index (χ2v) is 29.5. The van der Waals surface area contributed by atoms with E-state index in [1.165, 1.54) is 23.5 Å². The molecule has 1 unspecified atom stereocenters. The normalized spacial score (nSPS) is 21.7. The maximum atomic E-state index is 15.1. The Morgan fingerprint density at radius 3 is 2.17 bits per heavy atom. The maximum Gasteiger partial charge on any atom is 0.475 e. The van der Waals surface area contributed by atoms with Gasteiger partial charge in [0.2, 0.25) is 11.9 Å². The highest BCUT2D eigenvalue weighted by molar-refractivity contribution is 14.1. The summed E-state index contributed by atoms with van der Waals surface area (Å²) in [6.07, 6.45) is -3.76. The number of nitrogens with one attached hydrogen (secondary N) is 3. The van der Waals surface area contributed by atoms with Crippen LogP contribution in [0, 0.1) is 39.9 Å². The van der Waals surface area contributed by atoms with Crippen LogP contribution in [0.1, 0.15) is 83.1 Å². The van der Waals surface area contributed by atoms with E-state index in [9.17, 15) is 30.2 Å². The monoisotopic (exact) mass is 1250 g/mol. The lowest BCUT2D eigenvalue weighted by atomic mass is 10.1. The van der Waals surface area contributed by atoms with Crippen LogP contribution in [-0.2, 0) is 62.2 Å². The molecule has 0 bridgehead atoms. The Labute approximate surface area is 462 Å². The van der Waals surface area contributed by atoms with Gasteiger partial charge in [-0.2, -0.15) is 20.8 Å². The number of phosphoric acid groups is 1. The third kappa shape index (κ3) is 14.4. The number of carbonyl (C=O) groups excluding carboxylic acids is 2. The van der Waals surface area contributed by atoms with E-state index in [0.717, 1.165) is 0 Å². The summed E-state index contributed by atoms with van der Waals surface area (Å²) in [7, 11) is -7.61. The predicted octanol–water partition coefficient (Wildman–Crippen LogP) is 7.73. The van der Waals surface area contributed by atoms with Crippen molar-refractivity contribution in [1.29, 1.82) is 15.8 Å². The molecule has 8 atom stereocenters. The number of ether oxygens (including phenoxy) is 2. The molecule has 2 saturated heterocycles. The van der Waals surface area contributed by atoms with E-state index < -0.39 is 101 Å². The molecular formula is C46H58IN13O13P2SSi. The van der Waals surface area contributed by atoms with Gasteiger partial charge in [0.25, 0.3) is 11.5 Å². The number of halogens is 1. The van der Waals surface area contributed by atoms with Crippen LogP contribution < -0.4 is 16.2 Å². The maximum absolute atomic E-state index is 15.1. The molecule has 31 heteroatoms. The molecule has 412 valence electrons. The van der Waals surface area contributed by atoms with Crippen molar-refractivity contribution in [3.63, 3.8) is 0 Å². The quantitative estimate of drug-likeness (QED) is 0.0165. The Bertz CT molecular complexity index is 3170. The van der Waals surface area contributed by atoms with Gasteiger partial charge in [0, 0.05) is 22.3 Å². The van der Waals surface area contributed by atoms with Crippen LogP contribution in [-0.4, -0.2) is 121 Å². The minimum Gasteiger partial charge on any atom is -0.408 e. The van der Waals surface area contributed by atoms with Crippen LogP contribution in [0.15, 0.2) is 54.1 Å². The third-order valence-corrected chi connectivity index (χ3v) is 21.8. The number of aromatic nitrogens is 8. The molecule has 1 aromatic carbocycles. The fourth-order valence-electron chi connectivity index (χ4n) is 7.60. The van der Waals surface area contributed by atoms with Gasteiger partial charge in [0.1, 0.15) is 37.0 Å². The lowest BCUT2D eigenvalue weighted by Crippen LogP contribution is -2.50. The number of aromatic amines is 1. The molecule has 2 aliphatic rings. The van der Waals surface area contributed by atoms with E-state index in [0.29, 0.717) is 21.2 Å².